The summed E-state index contributed by atoms with van der Waals surface area (Å²) in [5.41, 5.74) is 0.481. The number of aliphatic hydroxyl groups is 2. The van der Waals surface area contributed by atoms with Gasteiger partial charge in [-0.25, -0.2) is 0 Å². The van der Waals surface area contributed by atoms with Gasteiger partial charge < -0.3 is 30.6 Å². The highest BCUT2D eigenvalue weighted by Gasteiger charge is 2.34. The van der Waals surface area contributed by atoms with Crippen molar-refractivity contribution >= 4 is 23.2 Å². The van der Waals surface area contributed by atoms with Crippen LogP contribution in [0.4, 0.5) is 0 Å². The molecule has 0 unspecified atom stereocenters. The van der Waals surface area contributed by atoms with Crippen molar-refractivity contribution in [2.24, 2.45) is 5.92 Å². The molecular formula is C21H24Cl2O6. The van der Waals surface area contributed by atoms with Crippen molar-refractivity contribution in [1.29, 1.82) is 0 Å². The lowest BCUT2D eigenvalue weighted by Gasteiger charge is -2.33. The standard InChI is InChI=1S/C21H24Cl2O6/c22-15-6-11(18(26)13(8-24)20(15)28)17(10-4-2-1-3-5-10)12-7-16(23)21(29)14(9-25)19(12)27/h6-7,10,17,24-29H,1-5,8-9H2. The average Bonchev–Trinajstić information content (AvgIpc) is 2.71. The summed E-state index contributed by atoms with van der Waals surface area (Å²) in [5, 5.41) is 61.0. The number of hydrogen-bond donors (Lipinski definition) is 6. The normalized spacial score (nSPS) is 15.2. The first-order chi connectivity index (χ1) is 13.8. The van der Waals surface area contributed by atoms with E-state index >= 15 is 0 Å². The monoisotopic (exact) mass is 442 g/mol. The van der Waals surface area contributed by atoms with Crippen LogP contribution in [0.15, 0.2) is 12.1 Å². The Morgan fingerprint density at radius 3 is 1.52 bits per heavy atom. The van der Waals surface area contributed by atoms with Crippen LogP contribution in [0.5, 0.6) is 23.0 Å². The summed E-state index contributed by atoms with van der Waals surface area (Å²) < 4.78 is 0. The van der Waals surface area contributed by atoms with E-state index in [0.29, 0.717) is 11.1 Å². The molecule has 0 radical (unpaired) electrons. The Labute approximate surface area is 178 Å². The molecule has 0 saturated heterocycles. The van der Waals surface area contributed by atoms with E-state index in [1.54, 1.807) is 0 Å². The maximum Gasteiger partial charge on any atom is 0.143 e. The molecule has 1 fully saturated rings. The molecule has 158 valence electrons. The van der Waals surface area contributed by atoms with Gasteiger partial charge in [0.15, 0.2) is 0 Å². The van der Waals surface area contributed by atoms with Crippen molar-refractivity contribution in [1.82, 2.24) is 0 Å². The number of aromatic hydroxyl groups is 4. The molecule has 8 heteroatoms. The Morgan fingerprint density at radius 1 is 0.724 bits per heavy atom. The summed E-state index contributed by atoms with van der Waals surface area (Å²) in [5.74, 6) is -1.97. The number of aliphatic hydroxyl groups excluding tert-OH is 2. The molecule has 2 aromatic rings. The lowest BCUT2D eigenvalue weighted by atomic mass is 9.72. The zero-order valence-electron chi connectivity index (χ0n) is 15.7. The second-order valence-corrected chi connectivity index (χ2v) is 8.25. The molecule has 0 aromatic heterocycles. The smallest absolute Gasteiger partial charge is 0.143 e. The van der Waals surface area contributed by atoms with E-state index in [4.69, 9.17) is 23.2 Å². The van der Waals surface area contributed by atoms with Crippen molar-refractivity contribution in [3.05, 3.63) is 44.4 Å². The van der Waals surface area contributed by atoms with Crippen LogP contribution in [-0.4, -0.2) is 30.6 Å². The number of benzene rings is 2. The van der Waals surface area contributed by atoms with E-state index in [2.05, 4.69) is 0 Å². The number of hydrogen-bond acceptors (Lipinski definition) is 6. The summed E-state index contributed by atoms with van der Waals surface area (Å²) in [4.78, 5) is 0. The van der Waals surface area contributed by atoms with Crippen molar-refractivity contribution in [3.8, 4) is 23.0 Å². The maximum absolute atomic E-state index is 10.8. The fourth-order valence-corrected chi connectivity index (χ4v) is 4.79. The van der Waals surface area contributed by atoms with Crippen LogP contribution in [0.2, 0.25) is 10.0 Å². The third-order valence-corrected chi connectivity index (χ3v) is 6.39. The SMILES string of the molecule is OCc1c(O)c(Cl)cc(C(c2cc(Cl)c(O)c(CO)c2O)C2CCCCC2)c1O. The largest absolute Gasteiger partial charge is 0.507 e. The number of halogens is 2. The van der Waals surface area contributed by atoms with E-state index < -0.39 is 30.6 Å². The van der Waals surface area contributed by atoms with Gasteiger partial charge in [0.2, 0.25) is 0 Å². The predicted octanol–water partition coefficient (Wildman–Crippen LogP) is 4.51. The zero-order chi connectivity index (χ0) is 21.3. The second kappa shape index (κ2) is 8.88. The van der Waals surface area contributed by atoms with E-state index in [1.165, 1.54) is 12.1 Å². The van der Waals surface area contributed by atoms with Crippen molar-refractivity contribution < 1.29 is 30.6 Å². The summed E-state index contributed by atoms with van der Waals surface area (Å²) >= 11 is 12.3. The minimum absolute atomic E-state index is 0.0138. The highest BCUT2D eigenvalue weighted by Crippen LogP contribution is 2.51. The highest BCUT2D eigenvalue weighted by molar-refractivity contribution is 6.32. The van der Waals surface area contributed by atoms with Crippen LogP contribution in [0.25, 0.3) is 0 Å². The van der Waals surface area contributed by atoms with Crippen LogP contribution in [0.3, 0.4) is 0 Å². The minimum Gasteiger partial charge on any atom is -0.507 e. The molecule has 0 aliphatic heterocycles. The molecular weight excluding hydrogens is 419 g/mol. The van der Waals surface area contributed by atoms with Gasteiger partial charge in [0.25, 0.3) is 0 Å². The molecule has 0 spiro atoms. The molecule has 1 saturated carbocycles. The Hall–Kier alpha value is -1.86. The Bertz CT molecular complexity index is 844. The third-order valence-electron chi connectivity index (χ3n) is 5.81. The van der Waals surface area contributed by atoms with Crippen LogP contribution in [-0.2, 0) is 13.2 Å². The summed E-state index contributed by atoms with van der Waals surface area (Å²) in [6.07, 6.45) is 4.67. The highest BCUT2D eigenvalue weighted by atomic mass is 35.5. The fourth-order valence-electron chi connectivity index (χ4n) is 4.32. The first kappa shape index (κ1) is 21.8. The zero-order valence-corrected chi connectivity index (χ0v) is 17.2. The van der Waals surface area contributed by atoms with Gasteiger partial charge >= 0.3 is 0 Å². The summed E-state index contributed by atoms with van der Waals surface area (Å²) in [6, 6.07) is 2.84. The van der Waals surface area contributed by atoms with E-state index in [-0.39, 0.29) is 38.6 Å². The average molecular weight is 443 g/mol. The van der Waals surface area contributed by atoms with Gasteiger partial charge in [0, 0.05) is 17.0 Å². The second-order valence-electron chi connectivity index (χ2n) is 7.44. The molecule has 29 heavy (non-hydrogen) atoms. The first-order valence-corrected chi connectivity index (χ1v) is 10.2. The minimum atomic E-state index is -0.618. The van der Waals surface area contributed by atoms with Gasteiger partial charge in [-0.15, -0.1) is 0 Å². The van der Waals surface area contributed by atoms with Crippen molar-refractivity contribution in [3.63, 3.8) is 0 Å². The molecule has 0 heterocycles. The lowest BCUT2D eigenvalue weighted by Crippen LogP contribution is -2.19. The molecule has 0 bridgehead atoms. The summed E-state index contributed by atoms with van der Waals surface area (Å²) in [6.45, 7) is -1.24. The van der Waals surface area contributed by atoms with Crippen LogP contribution in [0.1, 0.15) is 60.3 Å². The van der Waals surface area contributed by atoms with Gasteiger partial charge in [-0.3, -0.25) is 0 Å². The quantitative estimate of drug-likeness (QED) is 0.404. The topological polar surface area (TPSA) is 121 Å². The Kier molecular flexibility index (Phi) is 6.69. The Morgan fingerprint density at radius 2 is 1.14 bits per heavy atom. The summed E-state index contributed by atoms with van der Waals surface area (Å²) in [7, 11) is 0. The maximum atomic E-state index is 10.8. The van der Waals surface area contributed by atoms with Crippen molar-refractivity contribution in [2.75, 3.05) is 0 Å². The van der Waals surface area contributed by atoms with E-state index in [1.807, 2.05) is 0 Å². The molecule has 1 aliphatic rings. The molecule has 3 rings (SSSR count). The van der Waals surface area contributed by atoms with Gasteiger partial charge in [-0.2, -0.15) is 0 Å². The van der Waals surface area contributed by atoms with E-state index in [9.17, 15) is 30.6 Å². The fraction of sp³-hybridized carbons (Fsp3) is 0.429. The lowest BCUT2D eigenvalue weighted by molar-refractivity contribution is 0.264. The molecule has 6 nitrogen and oxygen atoms in total. The first-order valence-electron chi connectivity index (χ1n) is 9.49. The molecule has 1 aliphatic carbocycles. The van der Waals surface area contributed by atoms with Crippen LogP contribution in [0, 0.1) is 5.92 Å². The van der Waals surface area contributed by atoms with Crippen LogP contribution < -0.4 is 0 Å². The van der Waals surface area contributed by atoms with Gasteiger partial charge in [0.1, 0.15) is 23.0 Å². The van der Waals surface area contributed by atoms with E-state index in [0.717, 1.165) is 32.1 Å². The number of phenols is 4. The van der Waals surface area contributed by atoms with Gasteiger partial charge in [-0.05, 0) is 30.9 Å². The van der Waals surface area contributed by atoms with Crippen LogP contribution >= 0.6 is 23.2 Å². The molecule has 0 atom stereocenters. The molecule has 2 aromatic carbocycles. The molecule has 0 amide bonds. The molecule has 6 N–H and O–H groups in total. The van der Waals surface area contributed by atoms with Gasteiger partial charge in [-0.1, -0.05) is 42.5 Å². The number of rotatable bonds is 5. The van der Waals surface area contributed by atoms with Gasteiger partial charge in [0.05, 0.1) is 34.4 Å². The Balaban J connectivity index is 2.29. The third kappa shape index (κ3) is 3.94. The predicted molar refractivity (Wildman–Crippen MR) is 110 cm³/mol. The van der Waals surface area contributed by atoms with Crippen molar-refractivity contribution in [2.45, 2.75) is 51.2 Å².